The molecule has 0 radical (unpaired) electrons. The Bertz CT molecular complexity index is 1250. The van der Waals surface area contributed by atoms with Crippen molar-refractivity contribution in [3.63, 3.8) is 0 Å². The van der Waals surface area contributed by atoms with E-state index in [1.165, 1.54) is 0 Å². The van der Waals surface area contributed by atoms with Crippen molar-refractivity contribution >= 4 is 0 Å². The molecule has 3 nitrogen and oxygen atoms in total. The maximum Gasteiger partial charge on any atom is 0.573 e. The van der Waals surface area contributed by atoms with Crippen LogP contribution in [0.25, 0.3) is 11.1 Å². The molecule has 38 heavy (non-hydrogen) atoms. The summed E-state index contributed by atoms with van der Waals surface area (Å²) >= 11 is 0. The molecule has 3 aromatic rings. The predicted octanol–water partition coefficient (Wildman–Crippen LogP) is 8.42. The molecule has 0 saturated carbocycles. The van der Waals surface area contributed by atoms with Crippen molar-refractivity contribution in [1.82, 2.24) is 0 Å². The molecule has 0 spiro atoms. The normalized spacial score (nSPS) is 18.4. The molecular formula is C26H19F9O3. The fourth-order valence-corrected chi connectivity index (χ4v) is 4.06. The van der Waals surface area contributed by atoms with Gasteiger partial charge in [-0.2, -0.15) is 8.78 Å². The molecule has 1 aliphatic heterocycles. The number of halogens is 9. The number of rotatable bonds is 6. The maximum atomic E-state index is 14.7. The Labute approximate surface area is 210 Å². The zero-order valence-corrected chi connectivity index (χ0v) is 19.5. The van der Waals surface area contributed by atoms with Crippen molar-refractivity contribution in [2.75, 3.05) is 6.61 Å². The maximum absolute atomic E-state index is 14.7. The summed E-state index contributed by atoms with van der Waals surface area (Å²) in [5.41, 5.74) is -0.769. The molecule has 1 fully saturated rings. The zero-order chi connectivity index (χ0) is 27.8. The van der Waals surface area contributed by atoms with E-state index in [9.17, 15) is 39.5 Å². The smallest absolute Gasteiger partial charge is 0.429 e. The minimum atomic E-state index is -5.47. The first-order valence-electron chi connectivity index (χ1n) is 11.3. The Morgan fingerprint density at radius 1 is 0.737 bits per heavy atom. The number of benzene rings is 3. The number of ether oxygens (including phenoxy) is 3. The lowest BCUT2D eigenvalue weighted by Crippen LogP contribution is -2.25. The van der Waals surface area contributed by atoms with Gasteiger partial charge in [0.05, 0.1) is 6.10 Å². The summed E-state index contributed by atoms with van der Waals surface area (Å²) in [5.74, 6) is -10.3. The third-order valence-corrected chi connectivity index (χ3v) is 5.89. The van der Waals surface area contributed by atoms with Gasteiger partial charge >= 0.3 is 12.5 Å². The lowest BCUT2D eigenvalue weighted by atomic mass is 9.94. The summed E-state index contributed by atoms with van der Waals surface area (Å²) in [7, 11) is 0. The first-order chi connectivity index (χ1) is 17.7. The molecule has 1 aliphatic rings. The molecule has 204 valence electrons. The Balaban J connectivity index is 1.56. The van der Waals surface area contributed by atoms with Gasteiger partial charge in [0, 0.05) is 18.7 Å². The van der Waals surface area contributed by atoms with E-state index in [0.717, 1.165) is 18.4 Å². The van der Waals surface area contributed by atoms with E-state index in [-0.39, 0.29) is 23.8 Å². The van der Waals surface area contributed by atoms with E-state index in [0.29, 0.717) is 30.2 Å². The topological polar surface area (TPSA) is 27.7 Å². The molecular weight excluding hydrogens is 531 g/mol. The van der Waals surface area contributed by atoms with Gasteiger partial charge in [0.15, 0.2) is 11.6 Å². The van der Waals surface area contributed by atoms with Crippen LogP contribution in [0.1, 0.15) is 37.0 Å². The fourth-order valence-electron chi connectivity index (χ4n) is 4.06. The van der Waals surface area contributed by atoms with Gasteiger partial charge in [-0.05, 0) is 47.6 Å². The molecule has 2 unspecified atom stereocenters. The van der Waals surface area contributed by atoms with Crippen LogP contribution in [0, 0.1) is 29.2 Å². The van der Waals surface area contributed by atoms with Gasteiger partial charge in [-0.3, -0.25) is 0 Å². The van der Waals surface area contributed by atoms with Crippen LogP contribution in [0.4, 0.5) is 39.5 Å². The van der Waals surface area contributed by atoms with Crippen LogP contribution in [0.2, 0.25) is 0 Å². The van der Waals surface area contributed by atoms with E-state index in [1.54, 1.807) is 24.3 Å². The van der Waals surface area contributed by atoms with Gasteiger partial charge in [-0.25, -0.2) is 17.6 Å². The Hall–Kier alpha value is -3.41. The minimum absolute atomic E-state index is 0.0412. The first kappa shape index (κ1) is 27.6. The lowest BCUT2D eigenvalue weighted by molar-refractivity contribution is -0.276. The highest BCUT2D eigenvalue weighted by molar-refractivity contribution is 5.64. The van der Waals surface area contributed by atoms with Crippen LogP contribution in [-0.2, 0) is 10.8 Å². The molecule has 12 heteroatoms. The quantitative estimate of drug-likeness (QED) is 0.289. The molecule has 2 atom stereocenters. The molecule has 1 saturated heterocycles. The number of hydrogen-bond acceptors (Lipinski definition) is 3. The van der Waals surface area contributed by atoms with E-state index in [2.05, 4.69) is 16.4 Å². The predicted molar refractivity (Wildman–Crippen MR) is 116 cm³/mol. The average molecular weight is 550 g/mol. The first-order valence-corrected chi connectivity index (χ1v) is 11.3. The van der Waals surface area contributed by atoms with E-state index in [1.807, 2.05) is 0 Å². The van der Waals surface area contributed by atoms with E-state index >= 15 is 0 Å². The van der Waals surface area contributed by atoms with Crippen LogP contribution in [-0.4, -0.2) is 13.0 Å². The molecule has 3 aromatic carbocycles. The van der Waals surface area contributed by atoms with Gasteiger partial charge in [-0.1, -0.05) is 31.2 Å². The Morgan fingerprint density at radius 2 is 1.32 bits per heavy atom. The standard InChI is InChI=1S/C26H19F9O3/c1-13-2-7-22(36-12-13)15-5-3-14(4-6-15)16-8-18(27)23(19(28)9-16)25(31,32)37-17-10-20(29)24(21(30)11-17)38-26(33,34)35/h3-6,8-11,13,22H,2,7,12H2,1H3. The summed E-state index contributed by atoms with van der Waals surface area (Å²) in [5, 5.41) is 0. The highest BCUT2D eigenvalue weighted by atomic mass is 19.4. The number of hydrogen-bond donors (Lipinski definition) is 0. The van der Waals surface area contributed by atoms with E-state index < -0.39 is 52.8 Å². The molecule has 0 aromatic heterocycles. The SMILES string of the molecule is CC1CCC(c2ccc(-c3cc(F)c(C(F)(F)Oc4cc(F)c(OC(F)(F)F)c(F)c4)c(F)c3)cc2)OC1. The Kier molecular flexibility index (Phi) is 7.55. The Morgan fingerprint density at radius 3 is 1.82 bits per heavy atom. The van der Waals surface area contributed by atoms with Gasteiger partial charge in [0.25, 0.3) is 0 Å². The van der Waals surface area contributed by atoms with Gasteiger partial charge < -0.3 is 14.2 Å². The molecule has 1 heterocycles. The van der Waals surface area contributed by atoms with Gasteiger partial charge in [-0.15, -0.1) is 13.2 Å². The van der Waals surface area contributed by atoms with Crippen molar-refractivity contribution in [2.45, 2.75) is 38.3 Å². The van der Waals surface area contributed by atoms with Crippen molar-refractivity contribution < 1.29 is 53.7 Å². The highest BCUT2D eigenvalue weighted by Crippen LogP contribution is 2.39. The summed E-state index contributed by atoms with van der Waals surface area (Å²) in [6.07, 6.45) is -8.61. The van der Waals surface area contributed by atoms with Crippen LogP contribution >= 0.6 is 0 Å². The van der Waals surface area contributed by atoms with Crippen molar-refractivity contribution in [2.24, 2.45) is 5.92 Å². The monoisotopic (exact) mass is 550 g/mol. The van der Waals surface area contributed by atoms with Crippen LogP contribution in [0.5, 0.6) is 11.5 Å². The largest absolute Gasteiger partial charge is 0.573 e. The zero-order valence-electron chi connectivity index (χ0n) is 19.5. The average Bonchev–Trinajstić information content (AvgIpc) is 2.80. The summed E-state index contributed by atoms with van der Waals surface area (Å²) in [6, 6.07) is 7.68. The van der Waals surface area contributed by atoms with Crippen LogP contribution in [0.3, 0.4) is 0 Å². The van der Waals surface area contributed by atoms with Crippen molar-refractivity contribution in [1.29, 1.82) is 0 Å². The van der Waals surface area contributed by atoms with Crippen LogP contribution in [0.15, 0.2) is 48.5 Å². The minimum Gasteiger partial charge on any atom is -0.429 e. The molecule has 0 N–H and O–H groups in total. The molecule has 0 amide bonds. The summed E-state index contributed by atoms with van der Waals surface area (Å²) < 4.78 is 136. The highest BCUT2D eigenvalue weighted by Gasteiger charge is 2.42. The molecule has 4 rings (SSSR count). The second-order valence-electron chi connectivity index (χ2n) is 8.82. The van der Waals surface area contributed by atoms with Gasteiger partial charge in [0.1, 0.15) is 22.9 Å². The second kappa shape index (κ2) is 10.4. The molecule has 0 bridgehead atoms. The second-order valence-corrected chi connectivity index (χ2v) is 8.82. The third kappa shape index (κ3) is 6.17. The van der Waals surface area contributed by atoms with Crippen molar-refractivity contribution in [3.8, 4) is 22.6 Å². The molecule has 0 aliphatic carbocycles. The van der Waals surface area contributed by atoms with Gasteiger partial charge in [0.2, 0.25) is 5.75 Å². The summed E-state index contributed by atoms with van der Waals surface area (Å²) in [6.45, 7) is 2.67. The summed E-state index contributed by atoms with van der Waals surface area (Å²) in [4.78, 5) is 0. The van der Waals surface area contributed by atoms with Crippen LogP contribution < -0.4 is 9.47 Å². The van der Waals surface area contributed by atoms with Crippen molar-refractivity contribution in [3.05, 3.63) is 82.9 Å². The number of alkyl halides is 5. The third-order valence-electron chi connectivity index (χ3n) is 5.89. The van der Waals surface area contributed by atoms with E-state index in [4.69, 9.17) is 4.74 Å². The fraction of sp³-hybridized carbons (Fsp3) is 0.308. The lowest BCUT2D eigenvalue weighted by Gasteiger charge is -2.27.